The number of alkyl halides is 1. The number of halogens is 2. The molecule has 0 N–H and O–H groups in total. The van der Waals surface area contributed by atoms with E-state index < -0.39 is 0 Å². The summed E-state index contributed by atoms with van der Waals surface area (Å²) in [6, 6.07) is 1.96. The van der Waals surface area contributed by atoms with Crippen molar-refractivity contribution >= 4 is 34.2 Å². The quantitative estimate of drug-likeness (QED) is 0.614. The van der Waals surface area contributed by atoms with Crippen LogP contribution in [0.15, 0.2) is 12.3 Å². The highest BCUT2D eigenvalue weighted by Crippen LogP contribution is 2.18. The van der Waals surface area contributed by atoms with E-state index in [1.54, 1.807) is 13.3 Å². The van der Waals surface area contributed by atoms with E-state index in [4.69, 9.17) is 16.3 Å². The molecule has 0 saturated heterocycles. The van der Waals surface area contributed by atoms with Gasteiger partial charge in [-0.25, -0.2) is 4.98 Å². The van der Waals surface area contributed by atoms with Crippen LogP contribution in [0.5, 0.6) is 5.88 Å². The standard InChI is InChI=1S/C7H7ClINO/c1-11-7-6(9)2-5(3-8)4-10-7/h2,4H,3H2,1H3. The van der Waals surface area contributed by atoms with Gasteiger partial charge in [-0.3, -0.25) is 0 Å². The predicted molar refractivity (Wildman–Crippen MR) is 53.1 cm³/mol. The Bertz CT molecular complexity index is 254. The maximum absolute atomic E-state index is 5.61. The van der Waals surface area contributed by atoms with Gasteiger partial charge in [-0.2, -0.15) is 0 Å². The number of methoxy groups -OCH3 is 1. The van der Waals surface area contributed by atoms with Crippen molar-refractivity contribution in [2.24, 2.45) is 0 Å². The fourth-order valence-corrected chi connectivity index (χ4v) is 1.59. The van der Waals surface area contributed by atoms with Crippen LogP contribution in [0.25, 0.3) is 0 Å². The van der Waals surface area contributed by atoms with Crippen molar-refractivity contribution in [3.05, 3.63) is 21.4 Å². The van der Waals surface area contributed by atoms with Crippen molar-refractivity contribution < 1.29 is 4.74 Å². The third-order valence-electron chi connectivity index (χ3n) is 1.21. The number of ether oxygens (including phenoxy) is 1. The second kappa shape index (κ2) is 4.11. The first kappa shape index (κ1) is 9.06. The van der Waals surface area contributed by atoms with E-state index >= 15 is 0 Å². The van der Waals surface area contributed by atoms with Gasteiger partial charge >= 0.3 is 0 Å². The largest absolute Gasteiger partial charge is 0.480 e. The van der Waals surface area contributed by atoms with Crippen molar-refractivity contribution in [2.75, 3.05) is 7.11 Å². The van der Waals surface area contributed by atoms with Gasteiger partial charge in [0.05, 0.1) is 10.7 Å². The highest BCUT2D eigenvalue weighted by molar-refractivity contribution is 14.1. The third kappa shape index (κ3) is 2.20. The SMILES string of the molecule is COc1ncc(CCl)cc1I. The van der Waals surface area contributed by atoms with E-state index in [9.17, 15) is 0 Å². The minimum absolute atomic E-state index is 0.493. The topological polar surface area (TPSA) is 22.1 Å². The molecule has 0 unspecified atom stereocenters. The molecule has 1 aromatic heterocycles. The number of pyridine rings is 1. The number of rotatable bonds is 2. The van der Waals surface area contributed by atoms with Crippen LogP contribution in [-0.4, -0.2) is 12.1 Å². The summed E-state index contributed by atoms with van der Waals surface area (Å²) in [6.07, 6.45) is 1.72. The minimum atomic E-state index is 0.493. The Morgan fingerprint density at radius 3 is 2.91 bits per heavy atom. The second-order valence-corrected chi connectivity index (χ2v) is 3.40. The fraction of sp³-hybridized carbons (Fsp3) is 0.286. The minimum Gasteiger partial charge on any atom is -0.480 e. The summed E-state index contributed by atoms with van der Waals surface area (Å²) in [5, 5.41) is 0. The Morgan fingerprint density at radius 2 is 2.45 bits per heavy atom. The van der Waals surface area contributed by atoms with E-state index in [1.807, 2.05) is 6.07 Å². The monoisotopic (exact) mass is 283 g/mol. The van der Waals surface area contributed by atoms with Crippen LogP contribution in [0, 0.1) is 3.57 Å². The summed E-state index contributed by atoms with van der Waals surface area (Å²) >= 11 is 7.77. The van der Waals surface area contributed by atoms with E-state index in [2.05, 4.69) is 27.6 Å². The number of hydrogen-bond acceptors (Lipinski definition) is 2. The van der Waals surface area contributed by atoms with Crippen LogP contribution < -0.4 is 4.74 Å². The van der Waals surface area contributed by atoms with Crippen molar-refractivity contribution in [1.82, 2.24) is 4.98 Å². The molecule has 0 radical (unpaired) electrons. The van der Waals surface area contributed by atoms with Crippen LogP contribution in [-0.2, 0) is 5.88 Å². The van der Waals surface area contributed by atoms with Crippen molar-refractivity contribution in [1.29, 1.82) is 0 Å². The predicted octanol–water partition coefficient (Wildman–Crippen LogP) is 2.43. The Hall–Kier alpha value is -0.0300. The third-order valence-corrected chi connectivity index (χ3v) is 2.29. The van der Waals surface area contributed by atoms with Gasteiger partial charge in [0.15, 0.2) is 0 Å². The first-order valence-corrected chi connectivity index (χ1v) is 4.63. The molecule has 0 aliphatic heterocycles. The van der Waals surface area contributed by atoms with E-state index in [1.165, 1.54) is 0 Å². The lowest BCUT2D eigenvalue weighted by molar-refractivity contribution is 0.394. The zero-order valence-electron chi connectivity index (χ0n) is 5.97. The Balaban J connectivity index is 2.99. The molecule has 60 valence electrons. The maximum atomic E-state index is 5.61. The molecule has 0 aliphatic carbocycles. The molecule has 0 saturated carbocycles. The van der Waals surface area contributed by atoms with Crippen LogP contribution in [0.1, 0.15) is 5.56 Å². The Labute approximate surface area is 84.1 Å². The lowest BCUT2D eigenvalue weighted by Gasteiger charge is -2.01. The molecule has 0 amide bonds. The van der Waals surface area contributed by atoms with E-state index in [0.29, 0.717) is 11.8 Å². The van der Waals surface area contributed by atoms with Gasteiger partial charge in [0.1, 0.15) is 0 Å². The van der Waals surface area contributed by atoms with Crippen molar-refractivity contribution in [3.63, 3.8) is 0 Å². The number of nitrogens with zero attached hydrogens (tertiary/aromatic N) is 1. The first-order valence-electron chi connectivity index (χ1n) is 3.02. The number of aromatic nitrogens is 1. The Morgan fingerprint density at radius 1 is 1.73 bits per heavy atom. The molecule has 0 atom stereocenters. The molecule has 0 bridgehead atoms. The van der Waals surface area contributed by atoms with E-state index in [-0.39, 0.29) is 0 Å². The summed E-state index contributed by atoms with van der Waals surface area (Å²) in [5.41, 5.74) is 1.01. The van der Waals surface area contributed by atoms with E-state index in [0.717, 1.165) is 9.13 Å². The van der Waals surface area contributed by atoms with Crippen LogP contribution in [0.2, 0.25) is 0 Å². The molecule has 0 fully saturated rings. The molecular formula is C7H7ClINO. The average molecular weight is 283 g/mol. The molecule has 11 heavy (non-hydrogen) atoms. The van der Waals surface area contributed by atoms with Gasteiger partial charge in [0, 0.05) is 12.1 Å². The molecule has 0 aliphatic rings. The Kier molecular flexibility index (Phi) is 3.39. The molecule has 1 aromatic rings. The first-order chi connectivity index (χ1) is 5.27. The zero-order chi connectivity index (χ0) is 8.27. The number of hydrogen-bond donors (Lipinski definition) is 0. The summed E-state index contributed by atoms with van der Waals surface area (Å²) in [4.78, 5) is 4.05. The normalized spacial score (nSPS) is 9.73. The molecule has 2 nitrogen and oxygen atoms in total. The van der Waals surface area contributed by atoms with Gasteiger partial charge in [-0.1, -0.05) is 0 Å². The van der Waals surface area contributed by atoms with Crippen molar-refractivity contribution in [3.8, 4) is 5.88 Å². The average Bonchev–Trinajstić information content (AvgIpc) is 2.04. The molecule has 1 heterocycles. The molecule has 0 aromatic carbocycles. The summed E-state index contributed by atoms with van der Waals surface area (Å²) in [6.45, 7) is 0. The highest BCUT2D eigenvalue weighted by atomic mass is 127. The fourth-order valence-electron chi connectivity index (χ4n) is 0.688. The smallest absolute Gasteiger partial charge is 0.226 e. The summed E-state index contributed by atoms with van der Waals surface area (Å²) in [7, 11) is 1.60. The lowest BCUT2D eigenvalue weighted by atomic mass is 10.3. The molecular weight excluding hydrogens is 276 g/mol. The second-order valence-electron chi connectivity index (χ2n) is 1.97. The van der Waals surface area contributed by atoms with Crippen LogP contribution in [0.4, 0.5) is 0 Å². The maximum Gasteiger partial charge on any atom is 0.226 e. The molecule has 1 rings (SSSR count). The summed E-state index contributed by atoms with van der Waals surface area (Å²) < 4.78 is 5.97. The van der Waals surface area contributed by atoms with Gasteiger partial charge in [0.25, 0.3) is 0 Å². The van der Waals surface area contributed by atoms with Crippen molar-refractivity contribution in [2.45, 2.75) is 5.88 Å². The van der Waals surface area contributed by atoms with Crippen LogP contribution in [0.3, 0.4) is 0 Å². The molecule has 0 spiro atoms. The van der Waals surface area contributed by atoms with Gasteiger partial charge in [-0.15, -0.1) is 11.6 Å². The molecule has 4 heteroatoms. The van der Waals surface area contributed by atoms with Gasteiger partial charge < -0.3 is 4.74 Å². The lowest BCUT2D eigenvalue weighted by Crippen LogP contribution is -1.92. The zero-order valence-corrected chi connectivity index (χ0v) is 8.89. The summed E-state index contributed by atoms with van der Waals surface area (Å²) in [5.74, 6) is 1.15. The van der Waals surface area contributed by atoms with Gasteiger partial charge in [-0.05, 0) is 34.2 Å². The van der Waals surface area contributed by atoms with Crippen LogP contribution >= 0.6 is 34.2 Å². The highest BCUT2D eigenvalue weighted by Gasteiger charge is 2.00. The van der Waals surface area contributed by atoms with Gasteiger partial charge in [0.2, 0.25) is 5.88 Å².